The summed E-state index contributed by atoms with van der Waals surface area (Å²) in [5.74, 6) is 0. The lowest BCUT2D eigenvalue weighted by Gasteiger charge is -2.35. The van der Waals surface area contributed by atoms with Gasteiger partial charge in [0.2, 0.25) is 0 Å². The highest BCUT2D eigenvalue weighted by Crippen LogP contribution is 2.25. The van der Waals surface area contributed by atoms with Gasteiger partial charge in [0.1, 0.15) is 5.54 Å². The molecule has 0 amide bonds. The Morgan fingerprint density at radius 3 is 2.37 bits per heavy atom. The van der Waals surface area contributed by atoms with Crippen LogP contribution in [-0.4, -0.2) is 23.5 Å². The van der Waals surface area contributed by atoms with Crippen LogP contribution in [0.2, 0.25) is 0 Å². The zero-order valence-corrected chi connectivity index (χ0v) is 12.2. The Bertz CT molecular complexity index is 453. The Hall–Kier alpha value is -1.33. The molecule has 1 aliphatic heterocycles. The average molecular weight is 256 g/mol. The molecule has 0 spiro atoms. The summed E-state index contributed by atoms with van der Waals surface area (Å²) in [6.45, 7) is 6.37. The normalized spacial score (nSPS) is 20.3. The molecular formula is C17H24N2. The molecule has 1 atom stereocenters. The van der Waals surface area contributed by atoms with Crippen LogP contribution in [0.25, 0.3) is 0 Å². The summed E-state index contributed by atoms with van der Waals surface area (Å²) in [5, 5.41) is 9.69. The molecule has 19 heavy (non-hydrogen) atoms. The third-order valence-electron chi connectivity index (χ3n) is 4.34. The van der Waals surface area contributed by atoms with E-state index >= 15 is 0 Å². The summed E-state index contributed by atoms with van der Waals surface area (Å²) in [6.07, 6.45) is 5.90. The lowest BCUT2D eigenvalue weighted by molar-refractivity contribution is 0.157. The van der Waals surface area contributed by atoms with Crippen molar-refractivity contribution in [2.24, 2.45) is 0 Å². The monoisotopic (exact) mass is 256 g/mol. The predicted molar refractivity (Wildman–Crippen MR) is 78.9 cm³/mol. The zero-order valence-electron chi connectivity index (χ0n) is 12.2. The lowest BCUT2D eigenvalue weighted by atomic mass is 9.90. The summed E-state index contributed by atoms with van der Waals surface area (Å²) < 4.78 is 0. The molecule has 1 aromatic carbocycles. The van der Waals surface area contributed by atoms with Crippen LogP contribution >= 0.6 is 0 Å². The largest absolute Gasteiger partial charge is 0.285 e. The van der Waals surface area contributed by atoms with E-state index in [1.54, 1.807) is 0 Å². The molecule has 0 N–H and O–H groups in total. The van der Waals surface area contributed by atoms with Crippen molar-refractivity contribution in [3.63, 3.8) is 0 Å². The molecular weight excluding hydrogens is 232 g/mol. The first kappa shape index (κ1) is 14.1. The number of nitrogens with zero attached hydrogens (tertiary/aromatic N) is 2. The fraction of sp³-hybridized carbons (Fsp3) is 0.588. The van der Waals surface area contributed by atoms with E-state index in [0.29, 0.717) is 0 Å². The minimum atomic E-state index is -0.365. The molecule has 0 radical (unpaired) electrons. The standard InChI is InChI=1S/C17H24N2/c1-15-9-5-6-10-16(15)13-17(2,14-18)19-11-7-3-4-8-12-19/h5-6,9-10H,3-4,7-8,11-13H2,1-2H3. The Balaban J connectivity index is 2.18. The molecule has 2 rings (SSSR count). The molecule has 0 aliphatic carbocycles. The van der Waals surface area contributed by atoms with Crippen LogP contribution in [0.5, 0.6) is 0 Å². The minimum Gasteiger partial charge on any atom is -0.285 e. The van der Waals surface area contributed by atoms with Crippen molar-refractivity contribution in [2.45, 2.75) is 51.5 Å². The smallest absolute Gasteiger partial charge is 0.110 e. The van der Waals surface area contributed by atoms with E-state index in [1.807, 2.05) is 0 Å². The van der Waals surface area contributed by atoms with E-state index in [1.165, 1.54) is 36.8 Å². The third-order valence-corrected chi connectivity index (χ3v) is 4.34. The number of rotatable bonds is 3. The molecule has 1 saturated heterocycles. The first-order valence-electron chi connectivity index (χ1n) is 7.36. The van der Waals surface area contributed by atoms with Gasteiger partial charge in [-0.05, 0) is 50.9 Å². The maximum atomic E-state index is 9.69. The third kappa shape index (κ3) is 3.36. The van der Waals surface area contributed by atoms with Gasteiger partial charge in [-0.2, -0.15) is 5.26 Å². The van der Waals surface area contributed by atoms with Crippen LogP contribution in [0.1, 0.15) is 43.7 Å². The van der Waals surface area contributed by atoms with E-state index in [9.17, 15) is 5.26 Å². The maximum Gasteiger partial charge on any atom is 0.110 e. The molecule has 2 heteroatoms. The van der Waals surface area contributed by atoms with Crippen molar-refractivity contribution in [3.05, 3.63) is 35.4 Å². The summed E-state index contributed by atoms with van der Waals surface area (Å²) in [6, 6.07) is 11.0. The number of nitriles is 1. The molecule has 1 aromatic rings. The molecule has 1 heterocycles. The van der Waals surface area contributed by atoms with Gasteiger partial charge in [-0.25, -0.2) is 0 Å². The molecule has 2 nitrogen and oxygen atoms in total. The van der Waals surface area contributed by atoms with Crippen LogP contribution < -0.4 is 0 Å². The van der Waals surface area contributed by atoms with Crippen molar-refractivity contribution in [1.29, 1.82) is 5.26 Å². The highest BCUT2D eigenvalue weighted by molar-refractivity contribution is 5.29. The molecule has 0 bridgehead atoms. The van der Waals surface area contributed by atoms with Crippen LogP contribution in [-0.2, 0) is 6.42 Å². The van der Waals surface area contributed by atoms with Gasteiger partial charge in [-0.3, -0.25) is 4.90 Å². The van der Waals surface area contributed by atoms with Gasteiger partial charge in [0.25, 0.3) is 0 Å². The summed E-state index contributed by atoms with van der Waals surface area (Å²) in [5.41, 5.74) is 2.23. The number of likely N-dealkylation sites (tertiary alicyclic amines) is 1. The minimum absolute atomic E-state index is 0.365. The Labute approximate surface area is 117 Å². The molecule has 0 saturated carbocycles. The first-order chi connectivity index (χ1) is 9.15. The summed E-state index contributed by atoms with van der Waals surface area (Å²) >= 11 is 0. The lowest BCUT2D eigenvalue weighted by Crippen LogP contribution is -2.47. The highest BCUT2D eigenvalue weighted by atomic mass is 15.2. The Kier molecular flexibility index (Phi) is 4.61. The van der Waals surface area contributed by atoms with Crippen LogP contribution in [0, 0.1) is 18.3 Å². The van der Waals surface area contributed by atoms with Gasteiger partial charge >= 0.3 is 0 Å². The average Bonchev–Trinajstić information content (AvgIpc) is 2.71. The van der Waals surface area contributed by atoms with E-state index in [-0.39, 0.29) is 5.54 Å². The topological polar surface area (TPSA) is 27.0 Å². The Morgan fingerprint density at radius 2 is 1.79 bits per heavy atom. The second-order valence-corrected chi connectivity index (χ2v) is 5.89. The van der Waals surface area contributed by atoms with E-state index < -0.39 is 0 Å². The van der Waals surface area contributed by atoms with Gasteiger partial charge < -0.3 is 0 Å². The maximum absolute atomic E-state index is 9.69. The van der Waals surface area contributed by atoms with Crippen LogP contribution in [0.15, 0.2) is 24.3 Å². The first-order valence-corrected chi connectivity index (χ1v) is 7.36. The van der Waals surface area contributed by atoms with Crippen LogP contribution in [0.3, 0.4) is 0 Å². The van der Waals surface area contributed by atoms with E-state index in [0.717, 1.165) is 19.5 Å². The van der Waals surface area contributed by atoms with Crippen molar-refractivity contribution in [3.8, 4) is 6.07 Å². The molecule has 1 fully saturated rings. The SMILES string of the molecule is Cc1ccccc1CC(C)(C#N)N1CCCCCC1. The number of hydrogen-bond acceptors (Lipinski definition) is 2. The summed E-state index contributed by atoms with van der Waals surface area (Å²) in [4.78, 5) is 2.40. The number of hydrogen-bond donors (Lipinski definition) is 0. The molecule has 1 aliphatic rings. The fourth-order valence-electron chi connectivity index (χ4n) is 2.97. The Morgan fingerprint density at radius 1 is 1.16 bits per heavy atom. The molecule has 102 valence electrons. The van der Waals surface area contributed by atoms with E-state index in [4.69, 9.17) is 0 Å². The van der Waals surface area contributed by atoms with Gasteiger partial charge in [0.15, 0.2) is 0 Å². The van der Waals surface area contributed by atoms with E-state index in [2.05, 4.69) is 49.1 Å². The van der Waals surface area contributed by atoms with Crippen molar-refractivity contribution >= 4 is 0 Å². The van der Waals surface area contributed by atoms with Crippen LogP contribution in [0.4, 0.5) is 0 Å². The van der Waals surface area contributed by atoms with Gasteiger partial charge in [-0.1, -0.05) is 37.1 Å². The molecule has 1 unspecified atom stereocenters. The van der Waals surface area contributed by atoms with Crippen molar-refractivity contribution < 1.29 is 0 Å². The summed E-state index contributed by atoms with van der Waals surface area (Å²) in [7, 11) is 0. The quantitative estimate of drug-likeness (QED) is 0.824. The van der Waals surface area contributed by atoms with Crippen molar-refractivity contribution in [2.75, 3.05) is 13.1 Å². The zero-order chi connectivity index (χ0) is 13.7. The highest BCUT2D eigenvalue weighted by Gasteiger charge is 2.32. The predicted octanol–water partition coefficient (Wildman–Crippen LogP) is 3.70. The number of benzene rings is 1. The molecule has 0 aromatic heterocycles. The fourth-order valence-corrected chi connectivity index (χ4v) is 2.97. The second-order valence-electron chi connectivity index (χ2n) is 5.89. The second kappa shape index (κ2) is 6.21. The number of aryl methyl sites for hydroxylation is 1. The van der Waals surface area contributed by atoms with Gasteiger partial charge in [0, 0.05) is 6.42 Å². The van der Waals surface area contributed by atoms with Gasteiger partial charge in [-0.15, -0.1) is 0 Å². The van der Waals surface area contributed by atoms with Gasteiger partial charge in [0.05, 0.1) is 6.07 Å². The van der Waals surface area contributed by atoms with Crippen molar-refractivity contribution in [1.82, 2.24) is 4.90 Å².